The number of urea groups is 1. The van der Waals surface area contributed by atoms with Crippen LogP contribution in [0, 0.1) is 0 Å². The quantitative estimate of drug-likeness (QED) is 0.662. The standard InChI is InChI=1S/C12H24N4O2/c1-3-14-12(18)15-11(17)9(2)16-7-5-4-6-10(16)8-13/h9-10H,3-8,13H2,1-2H3,(H2,14,15,17,18). The number of carbonyl (C=O) groups excluding carboxylic acids is 2. The second-order valence-corrected chi connectivity index (χ2v) is 4.65. The summed E-state index contributed by atoms with van der Waals surface area (Å²) in [5, 5.41) is 4.90. The number of piperidine rings is 1. The highest BCUT2D eigenvalue weighted by atomic mass is 16.2. The van der Waals surface area contributed by atoms with Gasteiger partial charge in [0.1, 0.15) is 0 Å². The molecule has 1 aliphatic rings. The Morgan fingerprint density at radius 2 is 2.17 bits per heavy atom. The molecule has 0 aromatic rings. The van der Waals surface area contributed by atoms with Crippen molar-refractivity contribution in [1.82, 2.24) is 15.5 Å². The fraction of sp³-hybridized carbons (Fsp3) is 0.833. The van der Waals surface area contributed by atoms with E-state index in [0.717, 1.165) is 25.8 Å². The van der Waals surface area contributed by atoms with Gasteiger partial charge in [-0.25, -0.2) is 4.79 Å². The van der Waals surface area contributed by atoms with Gasteiger partial charge in [0.15, 0.2) is 0 Å². The molecular weight excluding hydrogens is 232 g/mol. The fourth-order valence-electron chi connectivity index (χ4n) is 2.36. The van der Waals surface area contributed by atoms with Crippen LogP contribution in [0.3, 0.4) is 0 Å². The van der Waals surface area contributed by atoms with Crippen molar-refractivity contribution in [1.29, 1.82) is 0 Å². The zero-order chi connectivity index (χ0) is 13.5. The van der Waals surface area contributed by atoms with Crippen LogP contribution in [-0.4, -0.2) is 48.6 Å². The maximum Gasteiger partial charge on any atom is 0.321 e. The van der Waals surface area contributed by atoms with Gasteiger partial charge < -0.3 is 11.1 Å². The first kappa shape index (κ1) is 14.9. The lowest BCUT2D eigenvalue weighted by atomic mass is 10.00. The first-order valence-electron chi connectivity index (χ1n) is 6.64. The lowest BCUT2D eigenvalue weighted by molar-refractivity contribution is -0.126. The van der Waals surface area contributed by atoms with Crippen LogP contribution in [0.5, 0.6) is 0 Å². The van der Waals surface area contributed by atoms with Crippen LogP contribution in [0.25, 0.3) is 0 Å². The summed E-state index contributed by atoms with van der Waals surface area (Å²) in [4.78, 5) is 25.3. The van der Waals surface area contributed by atoms with Gasteiger partial charge in [-0.15, -0.1) is 0 Å². The van der Waals surface area contributed by atoms with E-state index in [1.54, 1.807) is 0 Å². The van der Waals surface area contributed by atoms with E-state index in [2.05, 4.69) is 15.5 Å². The molecule has 0 bridgehead atoms. The van der Waals surface area contributed by atoms with Crippen LogP contribution < -0.4 is 16.4 Å². The predicted octanol–water partition coefficient (Wildman–Crippen LogP) is 0.0338. The predicted molar refractivity (Wildman–Crippen MR) is 70.1 cm³/mol. The normalized spacial score (nSPS) is 22.3. The molecule has 0 spiro atoms. The van der Waals surface area contributed by atoms with Crippen LogP contribution in [-0.2, 0) is 4.79 Å². The van der Waals surface area contributed by atoms with Gasteiger partial charge >= 0.3 is 6.03 Å². The Balaban J connectivity index is 2.53. The largest absolute Gasteiger partial charge is 0.338 e. The highest BCUT2D eigenvalue weighted by molar-refractivity contribution is 5.96. The molecule has 104 valence electrons. The lowest BCUT2D eigenvalue weighted by Gasteiger charge is -2.38. The Labute approximate surface area is 108 Å². The van der Waals surface area contributed by atoms with Crippen molar-refractivity contribution in [2.24, 2.45) is 5.73 Å². The summed E-state index contributed by atoms with van der Waals surface area (Å²) in [7, 11) is 0. The Morgan fingerprint density at radius 1 is 1.44 bits per heavy atom. The molecule has 0 aromatic heterocycles. The van der Waals surface area contributed by atoms with E-state index in [4.69, 9.17) is 5.73 Å². The zero-order valence-electron chi connectivity index (χ0n) is 11.2. The number of nitrogens with two attached hydrogens (primary N) is 1. The molecule has 1 aliphatic heterocycles. The van der Waals surface area contributed by atoms with Crippen molar-refractivity contribution in [3.63, 3.8) is 0 Å². The maximum atomic E-state index is 11.9. The average molecular weight is 256 g/mol. The van der Waals surface area contributed by atoms with E-state index in [1.807, 2.05) is 13.8 Å². The van der Waals surface area contributed by atoms with Crippen LogP contribution in [0.4, 0.5) is 4.79 Å². The van der Waals surface area contributed by atoms with Crippen LogP contribution in [0.15, 0.2) is 0 Å². The third kappa shape index (κ3) is 3.96. The zero-order valence-corrected chi connectivity index (χ0v) is 11.2. The van der Waals surface area contributed by atoms with E-state index in [9.17, 15) is 9.59 Å². The molecule has 0 saturated carbocycles. The molecule has 18 heavy (non-hydrogen) atoms. The Kier molecular flexibility index (Phi) is 6.07. The van der Waals surface area contributed by atoms with E-state index in [1.165, 1.54) is 0 Å². The molecule has 2 atom stereocenters. The maximum absolute atomic E-state index is 11.9. The molecule has 1 rings (SSSR count). The molecule has 3 amide bonds. The van der Waals surface area contributed by atoms with Crippen molar-refractivity contribution >= 4 is 11.9 Å². The summed E-state index contributed by atoms with van der Waals surface area (Å²) in [6.07, 6.45) is 3.26. The molecule has 1 saturated heterocycles. The van der Waals surface area contributed by atoms with Gasteiger partial charge in [0.05, 0.1) is 6.04 Å². The first-order valence-corrected chi connectivity index (χ1v) is 6.64. The van der Waals surface area contributed by atoms with Gasteiger partial charge in [0.25, 0.3) is 0 Å². The Morgan fingerprint density at radius 3 is 2.78 bits per heavy atom. The number of nitrogens with zero attached hydrogens (tertiary/aromatic N) is 1. The monoisotopic (exact) mass is 256 g/mol. The van der Waals surface area contributed by atoms with E-state index >= 15 is 0 Å². The molecule has 0 radical (unpaired) electrons. The minimum absolute atomic E-state index is 0.244. The minimum atomic E-state index is -0.435. The summed E-state index contributed by atoms with van der Waals surface area (Å²) >= 11 is 0. The van der Waals surface area contributed by atoms with Crippen molar-refractivity contribution in [2.75, 3.05) is 19.6 Å². The first-order chi connectivity index (χ1) is 8.60. The Hall–Kier alpha value is -1.14. The molecular formula is C12H24N4O2. The molecule has 0 aliphatic carbocycles. The molecule has 1 fully saturated rings. The van der Waals surface area contributed by atoms with Gasteiger partial charge in [0, 0.05) is 19.1 Å². The summed E-state index contributed by atoms with van der Waals surface area (Å²) in [6, 6.07) is -0.508. The van der Waals surface area contributed by atoms with E-state index < -0.39 is 6.03 Å². The van der Waals surface area contributed by atoms with Crippen molar-refractivity contribution < 1.29 is 9.59 Å². The number of carbonyl (C=O) groups is 2. The van der Waals surface area contributed by atoms with Crippen LogP contribution >= 0.6 is 0 Å². The second-order valence-electron chi connectivity index (χ2n) is 4.65. The number of imide groups is 1. The topological polar surface area (TPSA) is 87.5 Å². The molecule has 0 aromatic carbocycles. The van der Waals surface area contributed by atoms with Crippen LogP contribution in [0.2, 0.25) is 0 Å². The average Bonchev–Trinajstić information content (AvgIpc) is 2.38. The number of amides is 3. The smallest absolute Gasteiger partial charge is 0.321 e. The van der Waals surface area contributed by atoms with Crippen molar-refractivity contribution in [2.45, 2.75) is 45.2 Å². The second kappa shape index (κ2) is 7.33. The van der Waals surface area contributed by atoms with Gasteiger partial charge in [-0.2, -0.15) is 0 Å². The van der Waals surface area contributed by atoms with E-state index in [0.29, 0.717) is 13.1 Å². The highest BCUT2D eigenvalue weighted by Crippen LogP contribution is 2.18. The third-order valence-electron chi connectivity index (χ3n) is 3.40. The van der Waals surface area contributed by atoms with Gasteiger partial charge in [0.2, 0.25) is 5.91 Å². The molecule has 2 unspecified atom stereocenters. The number of hydrogen-bond acceptors (Lipinski definition) is 4. The minimum Gasteiger partial charge on any atom is -0.338 e. The Bertz CT molecular complexity index is 296. The number of rotatable bonds is 4. The van der Waals surface area contributed by atoms with Gasteiger partial charge in [-0.1, -0.05) is 6.42 Å². The van der Waals surface area contributed by atoms with Gasteiger partial charge in [-0.3, -0.25) is 15.0 Å². The number of likely N-dealkylation sites (tertiary alicyclic amines) is 1. The molecule has 6 heteroatoms. The van der Waals surface area contributed by atoms with Crippen LogP contribution in [0.1, 0.15) is 33.1 Å². The molecule has 1 heterocycles. The van der Waals surface area contributed by atoms with Gasteiger partial charge in [-0.05, 0) is 33.2 Å². The van der Waals surface area contributed by atoms with Crippen molar-refractivity contribution in [3.05, 3.63) is 0 Å². The summed E-state index contributed by atoms with van der Waals surface area (Å²) in [5.41, 5.74) is 5.73. The number of nitrogens with one attached hydrogen (secondary N) is 2. The summed E-state index contributed by atoms with van der Waals surface area (Å²) < 4.78 is 0. The highest BCUT2D eigenvalue weighted by Gasteiger charge is 2.29. The summed E-state index contributed by atoms with van der Waals surface area (Å²) in [6.45, 7) is 5.55. The SMILES string of the molecule is CCNC(=O)NC(=O)C(C)N1CCCCC1CN. The fourth-order valence-corrected chi connectivity index (χ4v) is 2.36. The molecule has 6 nitrogen and oxygen atoms in total. The summed E-state index contributed by atoms with van der Waals surface area (Å²) in [5.74, 6) is -0.263. The van der Waals surface area contributed by atoms with Crippen molar-refractivity contribution in [3.8, 4) is 0 Å². The third-order valence-corrected chi connectivity index (χ3v) is 3.40. The lowest BCUT2D eigenvalue weighted by Crippen LogP contribution is -2.55. The van der Waals surface area contributed by atoms with E-state index in [-0.39, 0.29) is 18.0 Å². The molecule has 4 N–H and O–H groups in total. The number of hydrogen-bond donors (Lipinski definition) is 3.